The third-order valence-electron chi connectivity index (χ3n) is 14.0. The maximum absolute atomic E-state index is 10.6. The van der Waals surface area contributed by atoms with Gasteiger partial charge in [-0.25, -0.2) is 0 Å². The van der Waals surface area contributed by atoms with Gasteiger partial charge >= 0.3 is 0 Å². The fraction of sp³-hybridized carbons (Fsp3) is 0.0968. The van der Waals surface area contributed by atoms with E-state index >= 15 is 0 Å². The van der Waals surface area contributed by atoms with Gasteiger partial charge < -0.3 is 18.0 Å². The monoisotopic (exact) mass is 874 g/mol. The van der Waals surface area contributed by atoms with Gasteiger partial charge in [0.1, 0.15) is 22.3 Å². The highest BCUT2D eigenvalue weighted by Gasteiger charge is 2.34. The van der Waals surface area contributed by atoms with Crippen molar-refractivity contribution < 1.29 is 8.83 Å². The smallest absolute Gasteiger partial charge is 0.145 e. The second-order valence-electron chi connectivity index (χ2n) is 18.5. The molecule has 0 saturated carbocycles. The number of nitrogens with zero attached hydrogens (tertiary/aromatic N) is 4. The van der Waals surface area contributed by atoms with E-state index in [9.17, 15) is 10.5 Å². The summed E-state index contributed by atoms with van der Waals surface area (Å²) in [7, 11) is 0. The molecule has 0 bridgehead atoms. The van der Waals surface area contributed by atoms with E-state index in [2.05, 4.69) is 158 Å². The fourth-order valence-electron chi connectivity index (χ4n) is 11.4. The minimum atomic E-state index is -0.0252. The van der Waals surface area contributed by atoms with Crippen LogP contribution in [0.2, 0.25) is 0 Å². The molecule has 4 aromatic heterocycles. The summed E-state index contributed by atoms with van der Waals surface area (Å²) in [6, 6.07) is 63.8. The van der Waals surface area contributed by atoms with Gasteiger partial charge in [0.05, 0.1) is 67.5 Å². The summed E-state index contributed by atoms with van der Waals surface area (Å²) >= 11 is 0. The van der Waals surface area contributed by atoms with Gasteiger partial charge in [-0.3, -0.25) is 0 Å². The number of furan rings is 2. The van der Waals surface area contributed by atoms with Crippen molar-refractivity contribution in [1.29, 1.82) is 10.5 Å². The van der Waals surface area contributed by atoms with Crippen LogP contribution in [0.3, 0.4) is 0 Å². The number of fused-ring (bicyclic) bond motifs is 14. The quantitative estimate of drug-likeness (QED) is 0.167. The Balaban J connectivity index is 1.31. The zero-order chi connectivity index (χ0) is 45.9. The summed E-state index contributed by atoms with van der Waals surface area (Å²) in [5.41, 5.74) is 16.9. The van der Waals surface area contributed by atoms with E-state index in [1.165, 1.54) is 0 Å². The van der Waals surface area contributed by atoms with Crippen LogP contribution in [0, 0.1) is 22.7 Å². The summed E-state index contributed by atoms with van der Waals surface area (Å²) in [6.45, 7) is 9.15. The van der Waals surface area contributed by atoms with E-state index in [0.717, 1.165) is 132 Å². The topological polar surface area (TPSA) is 83.7 Å². The molecule has 0 aliphatic rings. The van der Waals surface area contributed by atoms with Gasteiger partial charge in [-0.15, -0.1) is 0 Å². The molecule has 68 heavy (non-hydrogen) atoms. The van der Waals surface area contributed by atoms with E-state index in [-0.39, 0.29) is 11.8 Å². The molecule has 0 spiro atoms. The Kier molecular flexibility index (Phi) is 8.62. The molecule has 0 fully saturated rings. The first-order chi connectivity index (χ1) is 33.3. The summed E-state index contributed by atoms with van der Waals surface area (Å²) < 4.78 is 18.6. The first-order valence-corrected chi connectivity index (χ1v) is 23.3. The van der Waals surface area contributed by atoms with Crippen molar-refractivity contribution in [2.45, 2.75) is 39.5 Å². The van der Waals surface area contributed by atoms with Crippen molar-refractivity contribution in [2.75, 3.05) is 0 Å². The van der Waals surface area contributed by atoms with Crippen LogP contribution in [0.25, 0.3) is 121 Å². The van der Waals surface area contributed by atoms with Crippen molar-refractivity contribution in [2.24, 2.45) is 0 Å². The molecular weight excluding hydrogens is 833 g/mol. The predicted octanol–water partition coefficient (Wildman–Crippen LogP) is 17.0. The Bertz CT molecular complexity index is 4270. The molecule has 0 atom stereocenters. The molecule has 4 heterocycles. The maximum atomic E-state index is 10.6. The number of hydrogen-bond donors (Lipinski definition) is 0. The third kappa shape index (κ3) is 5.49. The average molecular weight is 875 g/mol. The van der Waals surface area contributed by atoms with Gasteiger partial charge in [-0.2, -0.15) is 10.5 Å². The molecule has 13 rings (SSSR count). The number of aromatic nitrogens is 2. The van der Waals surface area contributed by atoms with E-state index in [4.69, 9.17) is 8.83 Å². The van der Waals surface area contributed by atoms with Crippen LogP contribution in [0.4, 0.5) is 0 Å². The Hall–Kier alpha value is -8.84. The minimum Gasteiger partial charge on any atom is -0.455 e. The Morgan fingerprint density at radius 2 is 0.809 bits per heavy atom. The fourth-order valence-corrected chi connectivity index (χ4v) is 11.4. The lowest BCUT2D eigenvalue weighted by atomic mass is 9.79. The van der Waals surface area contributed by atoms with Crippen LogP contribution in [0.1, 0.15) is 61.8 Å². The van der Waals surface area contributed by atoms with Gasteiger partial charge in [-0.1, -0.05) is 125 Å². The van der Waals surface area contributed by atoms with Crippen molar-refractivity contribution >= 4 is 87.5 Å². The zero-order valence-electron chi connectivity index (χ0n) is 37.9. The molecule has 0 N–H and O–H groups in total. The summed E-state index contributed by atoms with van der Waals surface area (Å²) in [5, 5.41) is 29.7. The maximum Gasteiger partial charge on any atom is 0.145 e. The summed E-state index contributed by atoms with van der Waals surface area (Å²) in [6.07, 6.45) is 0. The standard InChI is InChI=1S/C62H42N4O2/c1-35(2)53-55(39-17-13-15-37(31-39)33-63)60(66-48-24-10-6-22-46(48)58-50(66)30-28-44-42-20-8-12-26-52(42)68-62(44)58)56(40-18-14-16-38(32-40)34-64)54(36(3)4)59(53)65-47-23-9-5-21-45(47)57-49(65)29-27-43-41-19-7-11-25-51(41)67-61(43)57/h5-32,35-36H,1-4H3. The van der Waals surface area contributed by atoms with Crippen LogP contribution in [-0.2, 0) is 0 Å². The lowest BCUT2D eigenvalue weighted by Crippen LogP contribution is -2.15. The lowest BCUT2D eigenvalue weighted by molar-refractivity contribution is 0.672. The Morgan fingerprint density at radius 3 is 1.25 bits per heavy atom. The number of nitriles is 2. The Labute approximate surface area is 391 Å². The molecule has 6 heteroatoms. The van der Waals surface area contributed by atoms with Gasteiger partial charge in [-0.05, 0) is 107 Å². The molecule has 0 aliphatic heterocycles. The highest BCUT2D eigenvalue weighted by atomic mass is 16.3. The first kappa shape index (κ1) is 39.5. The van der Waals surface area contributed by atoms with Crippen LogP contribution in [-0.4, -0.2) is 9.13 Å². The highest BCUT2D eigenvalue weighted by Crippen LogP contribution is 2.54. The molecule has 322 valence electrons. The minimum absolute atomic E-state index is 0.0252. The second-order valence-corrected chi connectivity index (χ2v) is 18.5. The largest absolute Gasteiger partial charge is 0.455 e. The molecule has 0 amide bonds. The van der Waals surface area contributed by atoms with Gasteiger partial charge in [0, 0.05) is 43.4 Å². The summed E-state index contributed by atoms with van der Waals surface area (Å²) in [4.78, 5) is 0. The van der Waals surface area contributed by atoms with Crippen molar-refractivity contribution in [1.82, 2.24) is 9.13 Å². The lowest BCUT2D eigenvalue weighted by Gasteiger charge is -2.32. The zero-order valence-corrected chi connectivity index (χ0v) is 37.9. The number of rotatable bonds is 6. The molecule has 13 aromatic rings. The number of hydrogen-bond acceptors (Lipinski definition) is 4. The van der Waals surface area contributed by atoms with Gasteiger partial charge in [0.25, 0.3) is 0 Å². The van der Waals surface area contributed by atoms with Crippen molar-refractivity contribution in [3.05, 3.63) is 192 Å². The van der Waals surface area contributed by atoms with Gasteiger partial charge in [0.15, 0.2) is 0 Å². The number of benzene rings is 9. The third-order valence-corrected chi connectivity index (χ3v) is 14.0. The van der Waals surface area contributed by atoms with Crippen LogP contribution in [0.15, 0.2) is 179 Å². The molecule has 0 aliphatic carbocycles. The SMILES string of the molecule is CC(C)c1c(-c2cccc(C#N)c2)c(-n2c3ccccc3c3c4oc5ccccc5c4ccc32)c(-c2cccc(C#N)c2)c(C(C)C)c1-n1c2ccccc2c2c3oc4ccccc4c3ccc21. The molecule has 0 saturated heterocycles. The van der Waals surface area contributed by atoms with Crippen LogP contribution >= 0.6 is 0 Å². The van der Waals surface area contributed by atoms with E-state index in [1.54, 1.807) is 0 Å². The van der Waals surface area contributed by atoms with Crippen molar-refractivity contribution in [3.63, 3.8) is 0 Å². The second kappa shape index (κ2) is 14.8. The normalized spacial score (nSPS) is 12.1. The van der Waals surface area contributed by atoms with Crippen LogP contribution in [0.5, 0.6) is 0 Å². The molecular formula is C62H42N4O2. The molecule has 0 unspecified atom stereocenters. The average Bonchev–Trinajstić information content (AvgIpc) is 4.13. The van der Waals surface area contributed by atoms with E-state index in [1.807, 2.05) is 60.7 Å². The molecule has 0 radical (unpaired) electrons. The number of para-hydroxylation sites is 4. The van der Waals surface area contributed by atoms with E-state index in [0.29, 0.717) is 11.1 Å². The van der Waals surface area contributed by atoms with Gasteiger partial charge in [0.2, 0.25) is 0 Å². The summed E-state index contributed by atoms with van der Waals surface area (Å²) in [5.74, 6) is -0.0504. The van der Waals surface area contributed by atoms with E-state index < -0.39 is 0 Å². The van der Waals surface area contributed by atoms with Crippen molar-refractivity contribution in [3.8, 4) is 45.8 Å². The molecule has 9 aromatic carbocycles. The van der Waals surface area contributed by atoms with Crippen LogP contribution < -0.4 is 0 Å². The molecule has 6 nitrogen and oxygen atoms in total. The first-order valence-electron chi connectivity index (χ1n) is 23.3. The highest BCUT2D eigenvalue weighted by molar-refractivity contribution is 6.26. The Morgan fingerprint density at radius 1 is 0.397 bits per heavy atom. The predicted molar refractivity (Wildman–Crippen MR) is 278 cm³/mol.